The highest BCUT2D eigenvalue weighted by atomic mass is 35.5. The van der Waals surface area contributed by atoms with Crippen molar-refractivity contribution in [1.82, 2.24) is 4.98 Å². The fraction of sp³-hybridized carbons (Fsp3) is 0.250. The molecule has 0 atom stereocenters. The Kier molecular flexibility index (Phi) is 6.34. The predicted octanol–water partition coefficient (Wildman–Crippen LogP) is 4.90. The molecule has 0 aliphatic carbocycles. The number of hydrogen-bond donors (Lipinski definition) is 0. The lowest BCUT2D eigenvalue weighted by atomic mass is 10.2. The van der Waals surface area contributed by atoms with Gasteiger partial charge < -0.3 is 0 Å². The number of nitrogens with zero attached hydrogens (tertiary/aromatic N) is 1. The molecular formula is C12H13Cl2NS2. The normalized spacial score (nSPS) is 10.0. The van der Waals surface area contributed by atoms with Gasteiger partial charge >= 0.3 is 0 Å². The highest BCUT2D eigenvalue weighted by Gasteiger charge is 2.05. The molecule has 0 radical (unpaired) electrons. The Morgan fingerprint density at radius 1 is 1.41 bits per heavy atom. The molecule has 0 aliphatic rings. The molecule has 5 heteroatoms. The topological polar surface area (TPSA) is 12.9 Å². The molecule has 0 saturated carbocycles. The summed E-state index contributed by atoms with van der Waals surface area (Å²) < 4.78 is 0. The SMILES string of the molecule is Cc1c(SCc2ccsc2)ccnc1CCl.Cl. The van der Waals surface area contributed by atoms with E-state index in [4.69, 9.17) is 11.6 Å². The van der Waals surface area contributed by atoms with Crippen LogP contribution in [0.1, 0.15) is 16.8 Å². The van der Waals surface area contributed by atoms with E-state index in [0.717, 1.165) is 11.4 Å². The first-order valence-electron chi connectivity index (χ1n) is 4.95. The second-order valence-electron chi connectivity index (χ2n) is 3.43. The van der Waals surface area contributed by atoms with Crippen LogP contribution < -0.4 is 0 Å². The Hall–Kier alpha value is -0.220. The number of hydrogen-bond acceptors (Lipinski definition) is 3. The van der Waals surface area contributed by atoms with Gasteiger partial charge in [0.05, 0.1) is 11.6 Å². The predicted molar refractivity (Wildman–Crippen MR) is 79.7 cm³/mol. The van der Waals surface area contributed by atoms with Crippen molar-refractivity contribution in [3.8, 4) is 0 Å². The number of thioether (sulfide) groups is 1. The van der Waals surface area contributed by atoms with E-state index in [0.29, 0.717) is 5.88 Å². The molecule has 2 aromatic rings. The summed E-state index contributed by atoms with van der Waals surface area (Å²) in [6.07, 6.45) is 1.83. The number of aromatic nitrogens is 1. The largest absolute Gasteiger partial charge is 0.260 e. The summed E-state index contributed by atoms with van der Waals surface area (Å²) in [4.78, 5) is 5.53. The second kappa shape index (κ2) is 7.27. The van der Waals surface area contributed by atoms with E-state index in [1.807, 2.05) is 18.0 Å². The van der Waals surface area contributed by atoms with Crippen LogP contribution in [0.2, 0.25) is 0 Å². The van der Waals surface area contributed by atoms with Crippen molar-refractivity contribution in [3.63, 3.8) is 0 Å². The minimum atomic E-state index is 0. The summed E-state index contributed by atoms with van der Waals surface area (Å²) in [6.45, 7) is 2.08. The Labute approximate surface area is 121 Å². The van der Waals surface area contributed by atoms with Crippen molar-refractivity contribution in [2.24, 2.45) is 0 Å². The van der Waals surface area contributed by atoms with Gasteiger partial charge in [0.2, 0.25) is 0 Å². The quantitative estimate of drug-likeness (QED) is 0.588. The van der Waals surface area contributed by atoms with Crippen LogP contribution in [0.3, 0.4) is 0 Å². The van der Waals surface area contributed by atoms with E-state index in [-0.39, 0.29) is 12.4 Å². The van der Waals surface area contributed by atoms with Crippen LogP contribution in [0.15, 0.2) is 34.0 Å². The first kappa shape index (κ1) is 14.8. The minimum Gasteiger partial charge on any atom is -0.260 e. The third-order valence-electron chi connectivity index (χ3n) is 2.36. The summed E-state index contributed by atoms with van der Waals surface area (Å²) >= 11 is 9.42. The van der Waals surface area contributed by atoms with Gasteiger partial charge in [-0.1, -0.05) is 0 Å². The van der Waals surface area contributed by atoms with Gasteiger partial charge in [0.15, 0.2) is 0 Å². The van der Waals surface area contributed by atoms with Crippen LogP contribution in [-0.4, -0.2) is 4.98 Å². The van der Waals surface area contributed by atoms with Crippen molar-refractivity contribution in [2.75, 3.05) is 0 Å². The zero-order valence-electron chi connectivity index (χ0n) is 9.35. The van der Waals surface area contributed by atoms with Gasteiger partial charge in [-0.15, -0.1) is 35.8 Å². The molecular weight excluding hydrogens is 293 g/mol. The van der Waals surface area contributed by atoms with Crippen molar-refractivity contribution >= 4 is 47.1 Å². The van der Waals surface area contributed by atoms with Gasteiger partial charge in [0.25, 0.3) is 0 Å². The first-order chi connectivity index (χ1) is 7.81. The van der Waals surface area contributed by atoms with E-state index in [1.165, 1.54) is 16.0 Å². The highest BCUT2D eigenvalue weighted by Crippen LogP contribution is 2.28. The van der Waals surface area contributed by atoms with Crippen molar-refractivity contribution in [3.05, 3.63) is 45.9 Å². The highest BCUT2D eigenvalue weighted by molar-refractivity contribution is 7.98. The fourth-order valence-electron chi connectivity index (χ4n) is 1.39. The smallest absolute Gasteiger partial charge is 0.0650 e. The monoisotopic (exact) mass is 305 g/mol. The lowest BCUT2D eigenvalue weighted by molar-refractivity contribution is 1.07. The molecule has 0 aliphatic heterocycles. The zero-order valence-corrected chi connectivity index (χ0v) is 12.6. The van der Waals surface area contributed by atoms with Crippen LogP contribution in [0.25, 0.3) is 0 Å². The third-order valence-corrected chi connectivity index (χ3v) is 4.58. The summed E-state index contributed by atoms with van der Waals surface area (Å²) in [5, 5.41) is 4.30. The van der Waals surface area contributed by atoms with Crippen molar-refractivity contribution in [2.45, 2.75) is 23.5 Å². The van der Waals surface area contributed by atoms with Crippen LogP contribution >= 0.6 is 47.1 Å². The Bertz CT molecular complexity index is 458. The van der Waals surface area contributed by atoms with Crippen LogP contribution in [0.4, 0.5) is 0 Å². The summed E-state index contributed by atoms with van der Waals surface area (Å²) in [5.74, 6) is 1.49. The lowest BCUT2D eigenvalue weighted by Crippen LogP contribution is -1.92. The maximum absolute atomic E-state index is 5.83. The molecule has 2 rings (SSSR count). The van der Waals surface area contributed by atoms with Gasteiger partial charge in [-0.2, -0.15) is 11.3 Å². The molecule has 17 heavy (non-hydrogen) atoms. The second-order valence-corrected chi connectivity index (χ2v) is 5.50. The number of alkyl halides is 1. The average Bonchev–Trinajstić information content (AvgIpc) is 2.81. The molecule has 0 aromatic carbocycles. The van der Waals surface area contributed by atoms with Gasteiger partial charge in [-0.25, -0.2) is 0 Å². The molecule has 0 fully saturated rings. The standard InChI is InChI=1S/C12H12ClNS2.ClH/c1-9-11(6-13)14-4-2-12(9)16-8-10-3-5-15-7-10;/h2-5,7H,6,8H2,1H3;1H. The minimum absolute atomic E-state index is 0. The maximum Gasteiger partial charge on any atom is 0.0650 e. The van der Waals surface area contributed by atoms with Gasteiger partial charge in [0, 0.05) is 16.8 Å². The molecule has 0 spiro atoms. The van der Waals surface area contributed by atoms with E-state index in [1.54, 1.807) is 11.3 Å². The summed E-state index contributed by atoms with van der Waals surface area (Å²) in [7, 11) is 0. The van der Waals surface area contributed by atoms with E-state index < -0.39 is 0 Å². The molecule has 2 heterocycles. The lowest BCUT2D eigenvalue weighted by Gasteiger charge is -2.07. The first-order valence-corrected chi connectivity index (χ1v) is 7.42. The number of halogens is 2. The van der Waals surface area contributed by atoms with Crippen molar-refractivity contribution < 1.29 is 0 Å². The number of pyridine rings is 1. The van der Waals surface area contributed by atoms with Crippen LogP contribution in [0, 0.1) is 6.92 Å². The molecule has 0 N–H and O–H groups in total. The molecule has 0 unspecified atom stereocenters. The molecule has 92 valence electrons. The fourth-order valence-corrected chi connectivity index (χ4v) is 3.42. The Morgan fingerprint density at radius 2 is 2.24 bits per heavy atom. The zero-order chi connectivity index (χ0) is 11.4. The Morgan fingerprint density at radius 3 is 2.88 bits per heavy atom. The number of rotatable bonds is 4. The number of thiophene rings is 1. The van der Waals surface area contributed by atoms with Gasteiger partial charge in [-0.05, 0) is 40.9 Å². The maximum atomic E-state index is 5.83. The van der Waals surface area contributed by atoms with E-state index in [9.17, 15) is 0 Å². The average molecular weight is 306 g/mol. The summed E-state index contributed by atoms with van der Waals surface area (Å²) in [5.41, 5.74) is 3.56. The molecule has 1 nitrogen and oxygen atoms in total. The molecule has 0 amide bonds. The van der Waals surface area contributed by atoms with Crippen LogP contribution in [-0.2, 0) is 11.6 Å². The van der Waals surface area contributed by atoms with Crippen LogP contribution in [0.5, 0.6) is 0 Å². The third kappa shape index (κ3) is 3.88. The van der Waals surface area contributed by atoms with Crippen molar-refractivity contribution in [1.29, 1.82) is 0 Å². The molecule has 0 saturated heterocycles. The summed E-state index contributed by atoms with van der Waals surface area (Å²) in [6, 6.07) is 4.22. The molecule has 2 aromatic heterocycles. The van der Waals surface area contributed by atoms with E-state index in [2.05, 4.69) is 34.8 Å². The molecule has 0 bridgehead atoms. The van der Waals surface area contributed by atoms with Gasteiger partial charge in [0.1, 0.15) is 0 Å². The van der Waals surface area contributed by atoms with Gasteiger partial charge in [-0.3, -0.25) is 4.98 Å². The Balaban J connectivity index is 0.00000144. The van der Waals surface area contributed by atoms with E-state index >= 15 is 0 Å².